The van der Waals surface area contributed by atoms with Gasteiger partial charge in [0.2, 0.25) is 0 Å². The Balaban J connectivity index is 1.46. The molecule has 0 radical (unpaired) electrons. The molecule has 0 heterocycles. The zero-order chi connectivity index (χ0) is 11.4. The maximum Gasteiger partial charge on any atom is 0.0124 e. The Morgan fingerprint density at radius 3 is 2.25 bits per heavy atom. The molecule has 0 bridgehead atoms. The summed E-state index contributed by atoms with van der Waals surface area (Å²) in [5.74, 6) is 5.62. The predicted octanol–water partition coefficient (Wildman–Crippen LogP) is 3.54. The fraction of sp³-hybridized carbons (Fsp3) is 1.00. The molecule has 2 saturated carbocycles. The summed E-state index contributed by atoms with van der Waals surface area (Å²) in [4.78, 5) is 0. The Labute approximate surface area is 105 Å². The summed E-state index contributed by atoms with van der Waals surface area (Å²) in [5.41, 5.74) is 0. The lowest BCUT2D eigenvalue weighted by molar-refractivity contribution is 0.418. The van der Waals surface area contributed by atoms with E-state index < -0.39 is 0 Å². The number of thioether (sulfide) groups is 1. The first-order valence-electron chi connectivity index (χ1n) is 7.08. The van der Waals surface area contributed by atoms with Gasteiger partial charge in [-0.3, -0.25) is 0 Å². The normalized spacial score (nSPS) is 21.0. The number of nitrogens with one attached hydrogen (secondary N) is 1. The number of hydrogen-bond acceptors (Lipinski definition) is 2. The van der Waals surface area contributed by atoms with E-state index in [1.165, 1.54) is 50.2 Å². The molecule has 2 fully saturated rings. The third-order valence-corrected chi connectivity index (χ3v) is 5.04. The van der Waals surface area contributed by atoms with Gasteiger partial charge < -0.3 is 5.32 Å². The molecule has 0 saturated heterocycles. The number of hydrogen-bond donors (Lipinski definition) is 1. The maximum atomic E-state index is 3.82. The number of rotatable bonds is 9. The largest absolute Gasteiger partial charge is 0.313 e. The van der Waals surface area contributed by atoms with Gasteiger partial charge in [-0.25, -0.2) is 0 Å². The maximum absolute atomic E-state index is 3.82. The van der Waals surface area contributed by atoms with Crippen molar-refractivity contribution in [2.45, 2.75) is 52.0 Å². The molecule has 0 spiro atoms. The van der Waals surface area contributed by atoms with E-state index in [9.17, 15) is 0 Å². The molecule has 0 unspecified atom stereocenters. The van der Waals surface area contributed by atoms with Gasteiger partial charge in [0.25, 0.3) is 0 Å². The van der Waals surface area contributed by atoms with Crippen LogP contribution in [0.4, 0.5) is 0 Å². The third-order valence-electron chi connectivity index (χ3n) is 3.56. The summed E-state index contributed by atoms with van der Waals surface area (Å²) in [6.45, 7) is 5.87. The molecule has 1 nitrogen and oxygen atoms in total. The highest BCUT2D eigenvalue weighted by molar-refractivity contribution is 7.99. The molecule has 2 rings (SSSR count). The Bertz CT molecular complexity index is 185. The Hall–Kier alpha value is 0.310. The van der Waals surface area contributed by atoms with E-state index in [0.29, 0.717) is 0 Å². The quantitative estimate of drug-likeness (QED) is 0.620. The highest BCUT2D eigenvalue weighted by Gasteiger charge is 2.40. The second-order valence-corrected chi connectivity index (χ2v) is 7.13. The van der Waals surface area contributed by atoms with Crippen molar-refractivity contribution >= 4 is 11.8 Å². The molecule has 0 aromatic rings. The fourth-order valence-corrected chi connectivity index (χ4v) is 3.38. The van der Waals surface area contributed by atoms with Crippen LogP contribution in [0.2, 0.25) is 0 Å². The van der Waals surface area contributed by atoms with Crippen LogP contribution >= 0.6 is 11.8 Å². The Kier molecular flexibility index (Phi) is 5.02. The molecule has 2 aliphatic rings. The van der Waals surface area contributed by atoms with Gasteiger partial charge in [-0.15, -0.1) is 0 Å². The van der Waals surface area contributed by atoms with Crippen molar-refractivity contribution in [2.75, 3.05) is 18.1 Å². The van der Waals surface area contributed by atoms with Crippen molar-refractivity contribution < 1.29 is 0 Å². The van der Waals surface area contributed by atoms with Crippen molar-refractivity contribution in [2.24, 2.45) is 17.8 Å². The molecule has 16 heavy (non-hydrogen) atoms. The monoisotopic (exact) mass is 241 g/mol. The van der Waals surface area contributed by atoms with Crippen molar-refractivity contribution in [1.82, 2.24) is 5.32 Å². The second kappa shape index (κ2) is 6.30. The van der Waals surface area contributed by atoms with Gasteiger partial charge in [-0.05, 0) is 67.9 Å². The van der Waals surface area contributed by atoms with Gasteiger partial charge in [0.05, 0.1) is 0 Å². The van der Waals surface area contributed by atoms with Crippen molar-refractivity contribution in [3.05, 3.63) is 0 Å². The fourth-order valence-electron chi connectivity index (χ4n) is 2.39. The van der Waals surface area contributed by atoms with Gasteiger partial charge in [-0.1, -0.05) is 13.8 Å². The third kappa shape index (κ3) is 4.67. The lowest BCUT2D eigenvalue weighted by atomic mass is 10.1. The van der Waals surface area contributed by atoms with E-state index in [-0.39, 0.29) is 0 Å². The van der Waals surface area contributed by atoms with Gasteiger partial charge >= 0.3 is 0 Å². The summed E-state index contributed by atoms with van der Waals surface area (Å²) in [5, 5.41) is 3.82. The second-order valence-electron chi connectivity index (χ2n) is 5.98. The average molecular weight is 241 g/mol. The molecule has 0 aromatic carbocycles. The van der Waals surface area contributed by atoms with E-state index >= 15 is 0 Å². The van der Waals surface area contributed by atoms with Crippen molar-refractivity contribution in [3.63, 3.8) is 0 Å². The average Bonchev–Trinajstić information content (AvgIpc) is 3.10. The molecule has 2 aliphatic carbocycles. The Morgan fingerprint density at radius 2 is 1.75 bits per heavy atom. The van der Waals surface area contributed by atoms with Gasteiger partial charge in [0, 0.05) is 6.04 Å². The molecule has 94 valence electrons. The van der Waals surface area contributed by atoms with Crippen LogP contribution < -0.4 is 5.32 Å². The van der Waals surface area contributed by atoms with Gasteiger partial charge in [-0.2, -0.15) is 11.8 Å². The molecule has 0 atom stereocenters. The SMILES string of the molecule is CC(C)CSCCCNC(C1CC1)C1CC1. The Morgan fingerprint density at radius 1 is 1.12 bits per heavy atom. The molecule has 1 N–H and O–H groups in total. The van der Waals surface area contributed by atoms with Crippen LogP contribution in [0.25, 0.3) is 0 Å². The first kappa shape index (κ1) is 12.8. The predicted molar refractivity (Wildman–Crippen MR) is 74.0 cm³/mol. The van der Waals surface area contributed by atoms with Crippen LogP contribution in [0, 0.1) is 17.8 Å². The van der Waals surface area contributed by atoms with E-state index in [2.05, 4.69) is 30.9 Å². The zero-order valence-electron chi connectivity index (χ0n) is 10.9. The summed E-state index contributed by atoms with van der Waals surface area (Å²) in [6.07, 6.45) is 7.34. The minimum atomic E-state index is 0.851. The van der Waals surface area contributed by atoms with Crippen LogP contribution in [-0.2, 0) is 0 Å². The van der Waals surface area contributed by atoms with Crippen LogP contribution in [0.15, 0.2) is 0 Å². The molecule has 0 aliphatic heterocycles. The highest BCUT2D eigenvalue weighted by atomic mass is 32.2. The topological polar surface area (TPSA) is 12.0 Å². The van der Waals surface area contributed by atoms with E-state index in [1.54, 1.807) is 0 Å². The summed E-state index contributed by atoms with van der Waals surface area (Å²) in [7, 11) is 0. The van der Waals surface area contributed by atoms with Crippen molar-refractivity contribution in [1.29, 1.82) is 0 Å². The van der Waals surface area contributed by atoms with Crippen molar-refractivity contribution in [3.8, 4) is 0 Å². The van der Waals surface area contributed by atoms with E-state index in [1.807, 2.05) is 0 Å². The van der Waals surface area contributed by atoms with Crippen LogP contribution in [0.5, 0.6) is 0 Å². The summed E-state index contributed by atoms with van der Waals surface area (Å²) < 4.78 is 0. The minimum Gasteiger partial charge on any atom is -0.313 e. The molecule has 0 aromatic heterocycles. The minimum absolute atomic E-state index is 0.851. The lowest BCUT2D eigenvalue weighted by Crippen LogP contribution is -2.34. The summed E-state index contributed by atoms with van der Waals surface area (Å²) in [6, 6.07) is 0.898. The summed E-state index contributed by atoms with van der Waals surface area (Å²) >= 11 is 2.12. The molecule has 2 heteroatoms. The smallest absolute Gasteiger partial charge is 0.0124 e. The molecule has 0 amide bonds. The van der Waals surface area contributed by atoms with Crippen LogP contribution in [-0.4, -0.2) is 24.1 Å². The highest BCUT2D eigenvalue weighted by Crippen LogP contribution is 2.44. The van der Waals surface area contributed by atoms with E-state index in [0.717, 1.165) is 23.8 Å². The van der Waals surface area contributed by atoms with Crippen LogP contribution in [0.1, 0.15) is 46.0 Å². The van der Waals surface area contributed by atoms with Gasteiger partial charge in [0.15, 0.2) is 0 Å². The first-order valence-corrected chi connectivity index (χ1v) is 8.24. The van der Waals surface area contributed by atoms with Gasteiger partial charge in [0.1, 0.15) is 0 Å². The first-order chi connectivity index (χ1) is 7.77. The zero-order valence-corrected chi connectivity index (χ0v) is 11.7. The van der Waals surface area contributed by atoms with E-state index in [4.69, 9.17) is 0 Å². The standard InChI is InChI=1S/C14H27NS/c1-11(2)10-16-9-3-8-15-14(12-4-5-12)13-6-7-13/h11-15H,3-10H2,1-2H3. The molecular formula is C14H27NS. The van der Waals surface area contributed by atoms with Crippen LogP contribution in [0.3, 0.4) is 0 Å². The molecular weight excluding hydrogens is 214 g/mol. The lowest BCUT2D eigenvalue weighted by Gasteiger charge is -2.17.